The summed E-state index contributed by atoms with van der Waals surface area (Å²) in [6.07, 6.45) is 1.29. The first kappa shape index (κ1) is 4.78. The van der Waals surface area contributed by atoms with Gasteiger partial charge in [0.05, 0.1) is 0 Å². The van der Waals surface area contributed by atoms with Crippen molar-refractivity contribution >= 4 is 0 Å². The molecule has 46 valence electrons. The van der Waals surface area contributed by atoms with E-state index in [1.54, 1.807) is 0 Å². The van der Waals surface area contributed by atoms with Crippen molar-refractivity contribution in [1.82, 2.24) is 0 Å². The van der Waals surface area contributed by atoms with Crippen LogP contribution in [0.5, 0.6) is 0 Å². The first-order valence-corrected chi connectivity index (χ1v) is 3.43. The second kappa shape index (κ2) is 1.26. The molecule has 2 aliphatic rings. The van der Waals surface area contributed by atoms with Gasteiger partial charge in [-0.2, -0.15) is 0 Å². The summed E-state index contributed by atoms with van der Waals surface area (Å²) in [4.78, 5) is 0. The SMILES string of the molecule is C[C@H]1[C@H]2C[C@H](F)C[C@@H]12. The molecule has 0 radical (unpaired) electrons. The molecule has 2 saturated carbocycles. The summed E-state index contributed by atoms with van der Waals surface area (Å²) in [6, 6.07) is 0. The summed E-state index contributed by atoms with van der Waals surface area (Å²) in [7, 11) is 0. The smallest absolute Gasteiger partial charge is 0.101 e. The van der Waals surface area contributed by atoms with Crippen LogP contribution in [0, 0.1) is 17.8 Å². The quantitative estimate of drug-likeness (QED) is 0.452. The molecule has 0 nitrogen and oxygen atoms in total. The Kier molecular flexibility index (Phi) is 0.750. The van der Waals surface area contributed by atoms with Gasteiger partial charge in [-0.25, -0.2) is 4.39 Å². The van der Waals surface area contributed by atoms with Gasteiger partial charge in [0.2, 0.25) is 0 Å². The van der Waals surface area contributed by atoms with Crippen molar-refractivity contribution in [1.29, 1.82) is 0 Å². The van der Waals surface area contributed by atoms with E-state index in [0.717, 1.165) is 30.6 Å². The molecule has 0 aromatic carbocycles. The zero-order valence-corrected chi connectivity index (χ0v) is 5.10. The van der Waals surface area contributed by atoms with Gasteiger partial charge in [0.15, 0.2) is 0 Å². The van der Waals surface area contributed by atoms with Crippen LogP contribution in [0.25, 0.3) is 0 Å². The van der Waals surface area contributed by atoms with Gasteiger partial charge in [0.25, 0.3) is 0 Å². The van der Waals surface area contributed by atoms with E-state index >= 15 is 0 Å². The van der Waals surface area contributed by atoms with Crippen LogP contribution in [-0.4, -0.2) is 6.17 Å². The summed E-state index contributed by atoms with van der Waals surface area (Å²) in [6.45, 7) is 2.24. The molecule has 2 fully saturated rings. The molecule has 0 spiro atoms. The van der Waals surface area contributed by atoms with E-state index < -0.39 is 6.17 Å². The summed E-state index contributed by atoms with van der Waals surface area (Å²) >= 11 is 0. The Morgan fingerprint density at radius 2 is 1.75 bits per heavy atom. The average molecular weight is 114 g/mol. The van der Waals surface area contributed by atoms with Crippen LogP contribution >= 0.6 is 0 Å². The highest BCUT2D eigenvalue weighted by atomic mass is 19.1. The molecule has 0 heterocycles. The summed E-state index contributed by atoms with van der Waals surface area (Å²) < 4.78 is 12.4. The highest BCUT2D eigenvalue weighted by molar-refractivity contribution is 5.01. The van der Waals surface area contributed by atoms with Crippen LogP contribution in [0.15, 0.2) is 0 Å². The molecule has 4 atom stereocenters. The highest BCUT2D eigenvalue weighted by Crippen LogP contribution is 2.57. The predicted molar refractivity (Wildman–Crippen MR) is 30.3 cm³/mol. The number of halogens is 1. The Morgan fingerprint density at radius 3 is 2.12 bits per heavy atom. The van der Waals surface area contributed by atoms with Gasteiger partial charge < -0.3 is 0 Å². The molecule has 0 amide bonds. The molecule has 0 bridgehead atoms. The first-order valence-electron chi connectivity index (χ1n) is 3.43. The third kappa shape index (κ3) is 0.448. The van der Waals surface area contributed by atoms with Crippen molar-refractivity contribution in [3.05, 3.63) is 0 Å². The lowest BCUT2D eigenvalue weighted by Gasteiger charge is -1.98. The van der Waals surface area contributed by atoms with Crippen LogP contribution in [0.2, 0.25) is 0 Å². The third-order valence-electron chi connectivity index (χ3n) is 2.82. The second-order valence-corrected chi connectivity index (χ2v) is 3.26. The maximum atomic E-state index is 12.4. The van der Waals surface area contributed by atoms with E-state index in [4.69, 9.17) is 0 Å². The molecule has 0 unspecified atom stereocenters. The fourth-order valence-electron chi connectivity index (χ4n) is 2.10. The van der Waals surface area contributed by atoms with E-state index in [1.165, 1.54) is 0 Å². The number of alkyl halides is 1. The Bertz CT molecular complexity index is 99.0. The minimum absolute atomic E-state index is 0.443. The van der Waals surface area contributed by atoms with Crippen molar-refractivity contribution in [2.24, 2.45) is 17.8 Å². The van der Waals surface area contributed by atoms with E-state index in [-0.39, 0.29) is 0 Å². The minimum Gasteiger partial charge on any atom is -0.247 e. The summed E-state index contributed by atoms with van der Waals surface area (Å²) in [5.41, 5.74) is 0. The van der Waals surface area contributed by atoms with Crippen molar-refractivity contribution in [2.75, 3.05) is 0 Å². The van der Waals surface area contributed by atoms with Crippen molar-refractivity contribution in [3.63, 3.8) is 0 Å². The fourth-order valence-corrected chi connectivity index (χ4v) is 2.10. The standard InChI is InChI=1S/C7H11F/c1-4-6-2-5(8)3-7(4)6/h4-7H,2-3H2,1H3/t4-,5-,6+,7-. The zero-order valence-electron chi connectivity index (χ0n) is 5.10. The van der Waals surface area contributed by atoms with Crippen LogP contribution < -0.4 is 0 Å². The maximum absolute atomic E-state index is 12.4. The predicted octanol–water partition coefficient (Wildman–Crippen LogP) is 2.00. The Hall–Kier alpha value is -0.0700. The number of fused-ring (bicyclic) bond motifs is 1. The number of hydrogen-bond acceptors (Lipinski definition) is 0. The zero-order chi connectivity index (χ0) is 5.72. The normalized spacial score (nSPS) is 60.8. The molecular weight excluding hydrogens is 103 g/mol. The van der Waals surface area contributed by atoms with Crippen LogP contribution in [0.3, 0.4) is 0 Å². The molecule has 1 heteroatoms. The molecule has 2 rings (SSSR count). The molecule has 0 aromatic heterocycles. The second-order valence-electron chi connectivity index (χ2n) is 3.26. The lowest BCUT2D eigenvalue weighted by Crippen LogP contribution is -1.96. The number of hydrogen-bond donors (Lipinski definition) is 0. The molecule has 0 N–H and O–H groups in total. The molecule has 0 saturated heterocycles. The maximum Gasteiger partial charge on any atom is 0.101 e. The molecule has 0 aliphatic heterocycles. The Morgan fingerprint density at radius 1 is 1.25 bits per heavy atom. The summed E-state index contributed by atoms with van der Waals surface area (Å²) in [5, 5.41) is 0. The molecule has 2 aliphatic carbocycles. The third-order valence-corrected chi connectivity index (χ3v) is 2.82. The van der Waals surface area contributed by atoms with Gasteiger partial charge in [-0.1, -0.05) is 6.92 Å². The van der Waals surface area contributed by atoms with Gasteiger partial charge >= 0.3 is 0 Å². The monoisotopic (exact) mass is 114 g/mol. The van der Waals surface area contributed by atoms with Crippen LogP contribution in [0.1, 0.15) is 19.8 Å². The van der Waals surface area contributed by atoms with E-state index in [0.29, 0.717) is 0 Å². The topological polar surface area (TPSA) is 0 Å². The van der Waals surface area contributed by atoms with Crippen molar-refractivity contribution in [2.45, 2.75) is 25.9 Å². The lowest BCUT2D eigenvalue weighted by atomic mass is 10.1. The van der Waals surface area contributed by atoms with E-state index in [9.17, 15) is 4.39 Å². The fraction of sp³-hybridized carbons (Fsp3) is 1.00. The summed E-state index contributed by atoms with van der Waals surface area (Å²) in [5.74, 6) is 2.43. The molecular formula is C7H11F. The molecule has 8 heavy (non-hydrogen) atoms. The van der Waals surface area contributed by atoms with Crippen LogP contribution in [-0.2, 0) is 0 Å². The Balaban J connectivity index is 2.00. The lowest BCUT2D eigenvalue weighted by molar-refractivity contribution is 0.303. The van der Waals surface area contributed by atoms with Gasteiger partial charge in [-0.15, -0.1) is 0 Å². The largest absolute Gasteiger partial charge is 0.247 e. The highest BCUT2D eigenvalue weighted by Gasteiger charge is 2.53. The Labute approximate surface area is 49.1 Å². The number of rotatable bonds is 0. The average Bonchev–Trinajstić information content (AvgIpc) is 2.29. The minimum atomic E-state index is -0.443. The van der Waals surface area contributed by atoms with Crippen molar-refractivity contribution in [3.8, 4) is 0 Å². The van der Waals surface area contributed by atoms with Gasteiger partial charge in [-0.3, -0.25) is 0 Å². The van der Waals surface area contributed by atoms with E-state index in [1.807, 2.05) is 0 Å². The first-order chi connectivity index (χ1) is 3.79. The van der Waals surface area contributed by atoms with Gasteiger partial charge in [0, 0.05) is 0 Å². The van der Waals surface area contributed by atoms with E-state index in [2.05, 4.69) is 6.92 Å². The van der Waals surface area contributed by atoms with Crippen molar-refractivity contribution < 1.29 is 4.39 Å². The van der Waals surface area contributed by atoms with Gasteiger partial charge in [-0.05, 0) is 30.6 Å². The van der Waals surface area contributed by atoms with Gasteiger partial charge in [0.1, 0.15) is 6.17 Å². The molecule has 0 aromatic rings. The van der Waals surface area contributed by atoms with Crippen LogP contribution in [0.4, 0.5) is 4.39 Å².